The predicted octanol–water partition coefficient (Wildman–Crippen LogP) is 4.80. The Bertz CT molecular complexity index is 943. The third-order valence-corrected chi connectivity index (χ3v) is 6.83. The number of para-hydroxylation sites is 1. The maximum absolute atomic E-state index is 12.9. The summed E-state index contributed by atoms with van der Waals surface area (Å²) in [6.45, 7) is 2.41. The van der Waals surface area contributed by atoms with Crippen LogP contribution in [0.3, 0.4) is 0 Å². The molecule has 2 fully saturated rings. The first-order valence-corrected chi connectivity index (χ1v) is 12.3. The molecule has 5 nitrogen and oxygen atoms in total. The minimum Gasteiger partial charge on any atom is -0.371 e. The van der Waals surface area contributed by atoms with Gasteiger partial charge in [-0.15, -0.1) is 0 Å². The van der Waals surface area contributed by atoms with Gasteiger partial charge in [-0.1, -0.05) is 61.7 Å². The van der Waals surface area contributed by atoms with Crippen LogP contribution in [0, 0.1) is 5.92 Å². The highest BCUT2D eigenvalue weighted by Crippen LogP contribution is 2.26. The van der Waals surface area contributed by atoms with Gasteiger partial charge in [0.15, 0.2) is 0 Å². The van der Waals surface area contributed by atoms with E-state index < -0.39 is 0 Å². The van der Waals surface area contributed by atoms with Gasteiger partial charge in [-0.05, 0) is 55.4 Å². The number of piperidine rings is 1. The number of hydrogen-bond acceptors (Lipinski definition) is 3. The Hall–Kier alpha value is -3.08. The van der Waals surface area contributed by atoms with Crippen LogP contribution in [0.4, 0.5) is 5.69 Å². The van der Waals surface area contributed by atoms with Crippen LogP contribution >= 0.6 is 0 Å². The number of rotatable bonds is 7. The van der Waals surface area contributed by atoms with Crippen molar-refractivity contribution in [1.82, 2.24) is 10.6 Å². The van der Waals surface area contributed by atoms with Crippen LogP contribution in [0.25, 0.3) is 6.08 Å². The minimum absolute atomic E-state index is 0.0256. The highest BCUT2D eigenvalue weighted by atomic mass is 16.2. The number of nitrogens with zero attached hydrogens (tertiary/aromatic N) is 1. The van der Waals surface area contributed by atoms with Crippen LogP contribution in [-0.4, -0.2) is 37.5 Å². The largest absolute Gasteiger partial charge is 0.371 e. The van der Waals surface area contributed by atoms with Crippen molar-refractivity contribution in [3.05, 3.63) is 71.8 Å². The molecule has 1 saturated carbocycles. The number of nitrogens with one attached hydrogen (secondary N) is 2. The monoisotopic (exact) mass is 445 g/mol. The van der Waals surface area contributed by atoms with Crippen LogP contribution < -0.4 is 15.5 Å². The van der Waals surface area contributed by atoms with Gasteiger partial charge >= 0.3 is 0 Å². The normalized spacial score (nSPS) is 17.8. The molecule has 0 bridgehead atoms. The summed E-state index contributed by atoms with van der Waals surface area (Å²) >= 11 is 0. The predicted molar refractivity (Wildman–Crippen MR) is 134 cm³/mol. The van der Waals surface area contributed by atoms with Gasteiger partial charge in [-0.25, -0.2) is 0 Å². The fourth-order valence-corrected chi connectivity index (χ4v) is 4.92. The van der Waals surface area contributed by atoms with Gasteiger partial charge in [0, 0.05) is 37.4 Å². The molecule has 4 rings (SSSR count). The molecular formula is C28H35N3O2. The first kappa shape index (κ1) is 23.1. The van der Waals surface area contributed by atoms with Crippen molar-refractivity contribution in [2.75, 3.05) is 24.5 Å². The fraction of sp³-hybridized carbons (Fsp3) is 0.429. The maximum atomic E-state index is 12.9. The molecule has 0 aromatic heterocycles. The molecule has 1 heterocycles. The molecule has 2 N–H and O–H groups in total. The third kappa shape index (κ3) is 6.70. The number of amides is 2. The van der Waals surface area contributed by atoms with Gasteiger partial charge in [0.2, 0.25) is 5.91 Å². The second kappa shape index (κ2) is 11.7. The smallest absolute Gasteiger partial charge is 0.253 e. The van der Waals surface area contributed by atoms with Crippen molar-refractivity contribution >= 4 is 23.6 Å². The standard InChI is InChI=1S/C28H35N3O2/c32-27(16-15-22-9-3-1-4-10-22)30-24-17-19-31(20-18-24)26-14-8-7-13-25(26)28(33)29-21-23-11-5-2-6-12-23/h1,3-4,7-10,13-16,23-24H,2,5-6,11-12,17-21H2,(H,29,33)(H,30,32)/b16-15+. The zero-order valence-corrected chi connectivity index (χ0v) is 19.3. The molecule has 174 valence electrons. The lowest BCUT2D eigenvalue weighted by Gasteiger charge is -2.34. The summed E-state index contributed by atoms with van der Waals surface area (Å²) in [5.41, 5.74) is 2.76. The van der Waals surface area contributed by atoms with Crippen molar-refractivity contribution in [1.29, 1.82) is 0 Å². The Morgan fingerprint density at radius 1 is 0.879 bits per heavy atom. The first-order chi connectivity index (χ1) is 16.2. The van der Waals surface area contributed by atoms with Crippen molar-refractivity contribution in [3.63, 3.8) is 0 Å². The van der Waals surface area contributed by atoms with Crippen molar-refractivity contribution in [3.8, 4) is 0 Å². The molecule has 2 aromatic carbocycles. The van der Waals surface area contributed by atoms with E-state index >= 15 is 0 Å². The molecule has 2 amide bonds. The fourth-order valence-electron chi connectivity index (χ4n) is 4.92. The van der Waals surface area contributed by atoms with Gasteiger partial charge in [0.1, 0.15) is 0 Å². The summed E-state index contributed by atoms with van der Waals surface area (Å²) < 4.78 is 0. The number of benzene rings is 2. The molecule has 0 radical (unpaired) electrons. The molecular weight excluding hydrogens is 410 g/mol. The molecule has 33 heavy (non-hydrogen) atoms. The van der Waals surface area contributed by atoms with Gasteiger partial charge in [0.05, 0.1) is 5.56 Å². The number of hydrogen-bond donors (Lipinski definition) is 2. The Morgan fingerprint density at radius 2 is 1.58 bits per heavy atom. The third-order valence-electron chi connectivity index (χ3n) is 6.83. The summed E-state index contributed by atoms with van der Waals surface area (Å²) in [6, 6.07) is 17.9. The van der Waals surface area contributed by atoms with Crippen LogP contribution in [0.5, 0.6) is 0 Å². The van der Waals surface area contributed by atoms with Crippen LogP contribution in [0.15, 0.2) is 60.7 Å². The van der Waals surface area contributed by atoms with E-state index in [9.17, 15) is 9.59 Å². The van der Waals surface area contributed by atoms with E-state index in [0.29, 0.717) is 5.92 Å². The van der Waals surface area contributed by atoms with Gasteiger partial charge in [-0.3, -0.25) is 9.59 Å². The summed E-state index contributed by atoms with van der Waals surface area (Å²) in [5, 5.41) is 6.30. The van der Waals surface area contributed by atoms with Gasteiger partial charge in [-0.2, -0.15) is 0 Å². The van der Waals surface area contributed by atoms with E-state index in [4.69, 9.17) is 0 Å². The summed E-state index contributed by atoms with van der Waals surface area (Å²) in [4.78, 5) is 27.5. The lowest BCUT2D eigenvalue weighted by atomic mass is 9.89. The van der Waals surface area contributed by atoms with Crippen LogP contribution in [0.1, 0.15) is 60.9 Å². The quantitative estimate of drug-likeness (QED) is 0.602. The average Bonchev–Trinajstić information content (AvgIpc) is 2.88. The Morgan fingerprint density at radius 3 is 2.33 bits per heavy atom. The van der Waals surface area contributed by atoms with Crippen LogP contribution in [-0.2, 0) is 4.79 Å². The first-order valence-electron chi connectivity index (χ1n) is 12.3. The maximum Gasteiger partial charge on any atom is 0.253 e. The molecule has 2 aliphatic rings. The molecule has 1 aliphatic heterocycles. The van der Waals surface area contributed by atoms with E-state index in [1.54, 1.807) is 6.08 Å². The zero-order chi connectivity index (χ0) is 22.9. The number of carbonyl (C=O) groups excluding carboxylic acids is 2. The van der Waals surface area contributed by atoms with Gasteiger partial charge in [0.25, 0.3) is 5.91 Å². The lowest BCUT2D eigenvalue weighted by molar-refractivity contribution is -0.117. The van der Waals surface area contributed by atoms with E-state index in [1.165, 1.54) is 32.1 Å². The highest BCUT2D eigenvalue weighted by Gasteiger charge is 2.24. The highest BCUT2D eigenvalue weighted by molar-refractivity contribution is 5.99. The summed E-state index contributed by atoms with van der Waals surface area (Å²) in [7, 11) is 0. The van der Waals surface area contributed by atoms with E-state index in [2.05, 4.69) is 15.5 Å². The van der Waals surface area contributed by atoms with Crippen molar-refractivity contribution in [2.24, 2.45) is 5.92 Å². The molecule has 1 saturated heterocycles. The topological polar surface area (TPSA) is 61.4 Å². The molecule has 0 spiro atoms. The molecule has 5 heteroatoms. The molecule has 0 atom stereocenters. The van der Waals surface area contributed by atoms with Gasteiger partial charge < -0.3 is 15.5 Å². The van der Waals surface area contributed by atoms with E-state index in [1.807, 2.05) is 60.7 Å². The molecule has 0 unspecified atom stereocenters. The Kier molecular flexibility index (Phi) is 8.18. The number of carbonyl (C=O) groups is 2. The summed E-state index contributed by atoms with van der Waals surface area (Å²) in [6.07, 6.45) is 11.5. The van der Waals surface area contributed by atoms with Crippen molar-refractivity contribution < 1.29 is 9.59 Å². The van der Waals surface area contributed by atoms with E-state index in [-0.39, 0.29) is 17.9 Å². The Balaban J connectivity index is 1.28. The average molecular weight is 446 g/mol. The summed E-state index contributed by atoms with van der Waals surface area (Å²) in [5.74, 6) is 0.586. The SMILES string of the molecule is O=C(/C=C/c1ccccc1)NC1CCN(c2ccccc2C(=O)NCC2CCCCC2)CC1. The Labute approximate surface area is 197 Å². The zero-order valence-electron chi connectivity index (χ0n) is 19.3. The second-order valence-corrected chi connectivity index (χ2v) is 9.25. The molecule has 2 aromatic rings. The lowest BCUT2D eigenvalue weighted by Crippen LogP contribution is -2.44. The second-order valence-electron chi connectivity index (χ2n) is 9.25. The number of anilines is 1. The van der Waals surface area contributed by atoms with E-state index in [0.717, 1.165) is 49.3 Å². The van der Waals surface area contributed by atoms with Crippen molar-refractivity contribution in [2.45, 2.75) is 51.0 Å². The van der Waals surface area contributed by atoms with Crippen LogP contribution in [0.2, 0.25) is 0 Å². The molecule has 1 aliphatic carbocycles. The minimum atomic E-state index is -0.0557.